The molecule has 0 aliphatic rings. The van der Waals surface area contributed by atoms with Gasteiger partial charge in [-0.3, -0.25) is 0 Å². The van der Waals surface area contributed by atoms with Gasteiger partial charge in [-0.05, 0) is 49.7 Å². The van der Waals surface area contributed by atoms with E-state index in [1.165, 1.54) is 10.8 Å². The summed E-state index contributed by atoms with van der Waals surface area (Å²) in [6.45, 7) is 2.92. The van der Waals surface area contributed by atoms with Gasteiger partial charge in [0.15, 0.2) is 0 Å². The fourth-order valence-corrected chi connectivity index (χ4v) is 2.82. The van der Waals surface area contributed by atoms with E-state index in [9.17, 15) is 23.1 Å². The van der Waals surface area contributed by atoms with Gasteiger partial charge in [0.25, 0.3) is 0 Å². The first-order valence-electron chi connectivity index (χ1n) is 13.7. The number of halogens is 3. The van der Waals surface area contributed by atoms with Crippen molar-refractivity contribution in [1.29, 1.82) is 0 Å². The molecule has 262 valence electrons. The number of rotatable bonds is 1. The van der Waals surface area contributed by atoms with Crippen LogP contribution in [0.15, 0.2) is 133 Å². The van der Waals surface area contributed by atoms with Crippen LogP contribution in [-0.4, -0.2) is 34.1 Å². The maximum absolute atomic E-state index is 12.1. The highest BCUT2D eigenvalue weighted by atomic mass is 19.4. The Morgan fingerprint density at radius 2 is 0.837 bits per heavy atom. The van der Waals surface area contributed by atoms with Gasteiger partial charge in [0.2, 0.25) is 0 Å². The third-order valence-electron chi connectivity index (χ3n) is 4.62. The van der Waals surface area contributed by atoms with E-state index in [4.69, 9.17) is 39.9 Å². The van der Waals surface area contributed by atoms with Gasteiger partial charge < -0.3 is 45.0 Å². The highest BCUT2D eigenvalue weighted by molar-refractivity contribution is 5.90. The summed E-state index contributed by atoms with van der Waals surface area (Å²) in [5, 5.41) is 57.1. The highest BCUT2D eigenvalue weighted by Crippen LogP contribution is 2.31. The van der Waals surface area contributed by atoms with Crippen LogP contribution in [0.2, 0.25) is 0 Å². The number of benzene rings is 5. The maximum Gasteiger partial charge on any atom is 0.416 e. The first-order valence-corrected chi connectivity index (χ1v) is 13.7. The number of para-hydroxylation sites is 1. The molecule has 10 nitrogen and oxygen atoms in total. The zero-order valence-electron chi connectivity index (χ0n) is 26.5. The smallest absolute Gasteiger partial charge is 0.416 e. The fourth-order valence-electron chi connectivity index (χ4n) is 2.82. The number of phenols is 1. The Labute approximate surface area is 280 Å². The second-order valence-corrected chi connectivity index (χ2v) is 8.83. The fraction of sp³-hybridized carbons (Fsp3) is 0.111. The van der Waals surface area contributed by atoms with Crippen LogP contribution in [0.4, 0.5) is 13.2 Å². The molecule has 5 aromatic carbocycles. The summed E-state index contributed by atoms with van der Waals surface area (Å²) in [5.41, 5.74) is -2.02. The summed E-state index contributed by atoms with van der Waals surface area (Å²) in [6.07, 6.45) is -4.64. The van der Waals surface area contributed by atoms with Crippen LogP contribution in [0, 0.1) is 0 Å². The number of hydrogen-bond donors (Lipinski definition) is 2. The zero-order chi connectivity index (χ0) is 37.8. The molecular weight excluding hydrogens is 649 g/mol. The molecule has 0 bridgehead atoms. The molecule has 0 fully saturated rings. The van der Waals surface area contributed by atoms with Crippen molar-refractivity contribution in [2.75, 3.05) is 0 Å². The van der Waals surface area contributed by atoms with E-state index in [1.54, 1.807) is 24.3 Å². The minimum atomic E-state index is -4.64. The van der Waals surface area contributed by atoms with E-state index < -0.39 is 46.9 Å². The number of hydrogen-bond acceptors (Lipinski definition) is 9. The lowest BCUT2D eigenvalue weighted by Gasteiger charge is -2.13. The molecule has 0 aliphatic heterocycles. The number of carbonyl (C=O) groups excluding carboxylic acids is 3. The number of carboxylic acids is 4. The third-order valence-corrected chi connectivity index (χ3v) is 4.62. The number of carbonyl (C=O) groups is 4. The summed E-state index contributed by atoms with van der Waals surface area (Å²) < 4.78 is 36.2. The summed E-state index contributed by atoms with van der Waals surface area (Å²) in [4.78, 5) is 37.0. The van der Waals surface area contributed by atoms with E-state index in [2.05, 4.69) is 48.5 Å². The predicted molar refractivity (Wildman–Crippen MR) is 168 cm³/mol. The van der Waals surface area contributed by atoms with Crippen LogP contribution in [-0.2, 0) is 20.6 Å². The number of alkyl halides is 3. The molecule has 0 unspecified atom stereocenters. The van der Waals surface area contributed by atoms with Gasteiger partial charge in [0, 0.05) is 17.9 Å². The minimum absolute atomic E-state index is 0.322. The molecule has 0 atom stereocenters. The van der Waals surface area contributed by atoms with Gasteiger partial charge in [-0.1, -0.05) is 121 Å². The lowest BCUT2D eigenvalue weighted by Crippen LogP contribution is -2.16. The SMILES string of the molecule is CC(=O)[O-].CC(=O)[O-].CC(=O)[O-].O=C(O)c1cc(C(F)(F)F)ccc1[O-].Oc1ccccc1.c1ccc2ccccc2c1.c1ccccc1. The molecule has 0 aromatic heterocycles. The molecule has 0 saturated heterocycles. The van der Waals surface area contributed by atoms with Crippen LogP contribution in [0.5, 0.6) is 11.5 Å². The average molecular weight is 683 g/mol. The molecule has 0 spiro atoms. The zero-order valence-corrected chi connectivity index (χ0v) is 26.5. The van der Waals surface area contributed by atoms with Gasteiger partial charge in [-0.25, -0.2) is 4.79 Å². The molecule has 49 heavy (non-hydrogen) atoms. The van der Waals surface area contributed by atoms with Crippen LogP contribution in [0.25, 0.3) is 10.8 Å². The molecule has 5 aromatic rings. The van der Waals surface area contributed by atoms with Crippen molar-refractivity contribution in [3.05, 3.63) is 145 Å². The molecule has 0 aliphatic carbocycles. The second kappa shape index (κ2) is 25.8. The Bertz CT molecular complexity index is 1530. The van der Waals surface area contributed by atoms with Crippen LogP contribution >= 0.6 is 0 Å². The standard InChI is InChI=1S/C10H8.C8H5F3O3.C6H6O.C6H6.3C2H4O2/c1-2-6-10-8-4-3-7-9(10)5-1;9-8(10,11)4-1-2-6(12)5(3-4)7(13)14;7-6-4-2-1-3-5-6;1-2-4-6-5-3-1;3*1-2(3)4/h1-8H;1-3,12H,(H,13,14);1-5,7H;1-6H;3*1H3,(H,3,4)/p-4. The molecule has 13 heteroatoms. The van der Waals surface area contributed by atoms with Crippen molar-refractivity contribution >= 4 is 34.6 Å². The third kappa shape index (κ3) is 27.6. The summed E-state index contributed by atoms with van der Waals surface area (Å²) in [5.74, 6) is -5.53. The molecule has 0 heterocycles. The Morgan fingerprint density at radius 3 is 1.08 bits per heavy atom. The lowest BCUT2D eigenvalue weighted by atomic mass is 10.1. The first-order chi connectivity index (χ1) is 22.9. The summed E-state index contributed by atoms with van der Waals surface area (Å²) in [6, 6.07) is 38.9. The molecular formula is C36H33F3O10-4. The van der Waals surface area contributed by atoms with Crippen LogP contribution in [0.3, 0.4) is 0 Å². The van der Waals surface area contributed by atoms with Crippen molar-refractivity contribution in [3.8, 4) is 11.5 Å². The Morgan fingerprint density at radius 1 is 0.551 bits per heavy atom. The van der Waals surface area contributed by atoms with Gasteiger partial charge in [-0.15, -0.1) is 0 Å². The van der Waals surface area contributed by atoms with E-state index >= 15 is 0 Å². The molecule has 0 amide bonds. The maximum atomic E-state index is 12.1. The molecule has 2 N–H and O–H groups in total. The summed E-state index contributed by atoms with van der Waals surface area (Å²) in [7, 11) is 0. The Balaban J connectivity index is 0. The van der Waals surface area contributed by atoms with E-state index in [1.807, 2.05) is 42.5 Å². The quantitative estimate of drug-likeness (QED) is 0.263. The Kier molecular flexibility index (Phi) is 23.5. The molecule has 5 rings (SSSR count). The largest absolute Gasteiger partial charge is 0.872 e. The van der Waals surface area contributed by atoms with Gasteiger partial charge in [0.05, 0.1) is 11.1 Å². The average Bonchev–Trinajstić information content (AvgIpc) is 3.02. The molecule has 0 saturated carbocycles. The lowest BCUT2D eigenvalue weighted by molar-refractivity contribution is -0.303. The minimum Gasteiger partial charge on any atom is -0.872 e. The van der Waals surface area contributed by atoms with Crippen molar-refractivity contribution in [2.45, 2.75) is 26.9 Å². The van der Waals surface area contributed by atoms with Gasteiger partial charge in [-0.2, -0.15) is 13.2 Å². The highest BCUT2D eigenvalue weighted by Gasteiger charge is 2.31. The predicted octanol–water partition coefficient (Wildman–Crippen LogP) is 3.66. The van der Waals surface area contributed by atoms with Crippen LogP contribution in [0.1, 0.15) is 36.7 Å². The number of fused-ring (bicyclic) bond motifs is 1. The van der Waals surface area contributed by atoms with Crippen molar-refractivity contribution < 1.29 is 63.0 Å². The second-order valence-electron chi connectivity index (χ2n) is 8.83. The van der Waals surface area contributed by atoms with E-state index in [0.717, 1.165) is 20.8 Å². The van der Waals surface area contributed by atoms with Crippen LogP contribution < -0.4 is 20.4 Å². The number of carboxylic acid groups (broad SMARTS) is 4. The normalized spacial score (nSPS) is 9.02. The van der Waals surface area contributed by atoms with E-state index in [0.29, 0.717) is 23.9 Å². The van der Waals surface area contributed by atoms with Gasteiger partial charge >= 0.3 is 12.1 Å². The Hall–Kier alpha value is -6.37. The van der Waals surface area contributed by atoms with Crippen molar-refractivity contribution in [3.63, 3.8) is 0 Å². The van der Waals surface area contributed by atoms with Crippen molar-refractivity contribution in [1.82, 2.24) is 0 Å². The van der Waals surface area contributed by atoms with Crippen molar-refractivity contribution in [2.24, 2.45) is 0 Å². The first kappa shape index (κ1) is 44.8. The number of phenolic OH excluding ortho intramolecular Hbond substituents is 1. The number of aromatic hydroxyl groups is 1. The monoisotopic (exact) mass is 682 g/mol. The van der Waals surface area contributed by atoms with Gasteiger partial charge in [0.1, 0.15) is 5.75 Å². The summed E-state index contributed by atoms with van der Waals surface area (Å²) >= 11 is 0. The van der Waals surface area contributed by atoms with E-state index in [-0.39, 0.29) is 0 Å². The molecule has 0 radical (unpaired) electrons. The number of aromatic carboxylic acids is 1. The topological polar surface area (TPSA) is 201 Å². The number of aliphatic carboxylic acids is 3.